The molecule has 0 radical (unpaired) electrons. The maximum Gasteiger partial charge on any atom is 0.258 e. The number of amides is 1. The average Bonchev–Trinajstić information content (AvgIpc) is 2.67. The van der Waals surface area contributed by atoms with E-state index in [0.717, 1.165) is 22.4 Å². The molecule has 132 valence electrons. The summed E-state index contributed by atoms with van der Waals surface area (Å²) in [6, 6.07) is 25.7. The van der Waals surface area contributed by atoms with Crippen LogP contribution in [0, 0.1) is 13.8 Å². The zero-order chi connectivity index (χ0) is 18.4. The molecule has 0 fully saturated rings. The van der Waals surface area contributed by atoms with Crippen molar-refractivity contribution in [3.8, 4) is 5.75 Å². The van der Waals surface area contributed by atoms with Crippen molar-refractivity contribution in [2.75, 3.05) is 6.61 Å². The molecule has 0 aliphatic carbocycles. The van der Waals surface area contributed by atoms with E-state index in [4.69, 9.17) is 4.74 Å². The van der Waals surface area contributed by atoms with Gasteiger partial charge >= 0.3 is 0 Å². The van der Waals surface area contributed by atoms with E-state index in [1.165, 1.54) is 5.56 Å². The maximum absolute atomic E-state index is 12.5. The number of para-hydroxylation sites is 1. The first-order valence-electron chi connectivity index (χ1n) is 8.73. The summed E-state index contributed by atoms with van der Waals surface area (Å²) in [7, 11) is 0. The lowest BCUT2D eigenvalue weighted by Gasteiger charge is -2.20. The summed E-state index contributed by atoms with van der Waals surface area (Å²) >= 11 is 0. The third-order valence-corrected chi connectivity index (χ3v) is 4.30. The van der Waals surface area contributed by atoms with Crippen molar-refractivity contribution >= 4 is 5.91 Å². The maximum atomic E-state index is 12.5. The van der Waals surface area contributed by atoms with Gasteiger partial charge in [0.1, 0.15) is 5.75 Å². The Bertz CT molecular complexity index is 857. The molecule has 3 nitrogen and oxygen atoms in total. The number of aryl methyl sites for hydroxylation is 2. The summed E-state index contributed by atoms with van der Waals surface area (Å²) in [6.07, 6.45) is 0. The Kier molecular flexibility index (Phi) is 5.69. The van der Waals surface area contributed by atoms with Crippen molar-refractivity contribution in [1.82, 2.24) is 5.32 Å². The van der Waals surface area contributed by atoms with Gasteiger partial charge in [-0.3, -0.25) is 4.79 Å². The fourth-order valence-electron chi connectivity index (χ4n) is 2.83. The van der Waals surface area contributed by atoms with Crippen LogP contribution in [0.2, 0.25) is 0 Å². The van der Waals surface area contributed by atoms with Crippen molar-refractivity contribution in [3.63, 3.8) is 0 Å². The van der Waals surface area contributed by atoms with Gasteiger partial charge in [-0.25, -0.2) is 0 Å². The van der Waals surface area contributed by atoms with E-state index in [0.29, 0.717) is 0 Å². The second-order valence-electron chi connectivity index (χ2n) is 6.38. The molecule has 1 atom stereocenters. The minimum atomic E-state index is -0.204. The molecule has 3 heteroatoms. The van der Waals surface area contributed by atoms with E-state index >= 15 is 0 Å². The highest BCUT2D eigenvalue weighted by Crippen LogP contribution is 2.22. The van der Waals surface area contributed by atoms with Gasteiger partial charge in [-0.15, -0.1) is 0 Å². The Morgan fingerprint density at radius 1 is 0.846 bits per heavy atom. The van der Waals surface area contributed by atoms with Crippen LogP contribution < -0.4 is 10.1 Å². The molecule has 3 rings (SSSR count). The summed E-state index contributed by atoms with van der Waals surface area (Å²) < 4.78 is 5.68. The van der Waals surface area contributed by atoms with Crippen LogP contribution in [0.4, 0.5) is 0 Å². The van der Waals surface area contributed by atoms with E-state index in [-0.39, 0.29) is 18.6 Å². The molecule has 1 N–H and O–H groups in total. The van der Waals surface area contributed by atoms with E-state index in [9.17, 15) is 4.79 Å². The number of carbonyl (C=O) groups excluding carboxylic acids is 1. The molecule has 0 saturated heterocycles. The molecule has 0 spiro atoms. The summed E-state index contributed by atoms with van der Waals surface area (Å²) in [5, 5.41) is 3.09. The van der Waals surface area contributed by atoms with Crippen LogP contribution in [0.1, 0.15) is 28.3 Å². The van der Waals surface area contributed by atoms with Gasteiger partial charge in [-0.2, -0.15) is 0 Å². The molecular weight excluding hydrogens is 322 g/mol. The fourth-order valence-corrected chi connectivity index (χ4v) is 2.83. The van der Waals surface area contributed by atoms with Crippen LogP contribution in [0.15, 0.2) is 78.9 Å². The summed E-state index contributed by atoms with van der Waals surface area (Å²) in [4.78, 5) is 12.5. The first-order valence-corrected chi connectivity index (χ1v) is 8.73. The molecule has 0 aliphatic heterocycles. The van der Waals surface area contributed by atoms with Crippen molar-refractivity contribution in [2.45, 2.75) is 19.9 Å². The molecule has 1 amide bonds. The highest BCUT2D eigenvalue weighted by Gasteiger charge is 2.17. The Hall–Kier alpha value is -3.07. The fraction of sp³-hybridized carbons (Fsp3) is 0.174. The lowest BCUT2D eigenvalue weighted by molar-refractivity contribution is -0.123. The number of hydrogen-bond donors (Lipinski definition) is 1. The van der Waals surface area contributed by atoms with Crippen LogP contribution >= 0.6 is 0 Å². The van der Waals surface area contributed by atoms with Gasteiger partial charge < -0.3 is 10.1 Å². The number of benzene rings is 3. The number of rotatable bonds is 6. The molecule has 0 aromatic heterocycles. The molecular formula is C23H23NO2. The van der Waals surface area contributed by atoms with Crippen LogP contribution in [0.5, 0.6) is 5.75 Å². The van der Waals surface area contributed by atoms with Crippen LogP contribution in [-0.4, -0.2) is 12.5 Å². The predicted octanol–water partition coefficient (Wildman–Crippen LogP) is 4.59. The number of nitrogens with one attached hydrogen (secondary N) is 1. The number of ether oxygens (including phenoxy) is 1. The lowest BCUT2D eigenvalue weighted by Crippen LogP contribution is -2.33. The van der Waals surface area contributed by atoms with E-state index in [2.05, 4.69) is 36.5 Å². The minimum Gasteiger partial charge on any atom is -0.484 e. The van der Waals surface area contributed by atoms with E-state index in [1.807, 2.05) is 61.5 Å². The van der Waals surface area contributed by atoms with Crippen LogP contribution in [0.25, 0.3) is 0 Å². The molecule has 0 bridgehead atoms. The van der Waals surface area contributed by atoms with Gasteiger partial charge in [0.05, 0.1) is 6.04 Å². The Morgan fingerprint density at radius 2 is 1.46 bits per heavy atom. The van der Waals surface area contributed by atoms with E-state index in [1.54, 1.807) is 0 Å². The molecule has 1 unspecified atom stereocenters. The number of carbonyl (C=O) groups is 1. The Balaban J connectivity index is 1.74. The third-order valence-electron chi connectivity index (χ3n) is 4.30. The summed E-state index contributed by atoms with van der Waals surface area (Å²) in [5.74, 6) is 0.580. The average molecular weight is 345 g/mol. The monoisotopic (exact) mass is 345 g/mol. The van der Waals surface area contributed by atoms with Crippen molar-refractivity contribution in [3.05, 3.63) is 101 Å². The van der Waals surface area contributed by atoms with Gasteiger partial charge in [0, 0.05) is 0 Å². The first kappa shape index (κ1) is 17.7. The van der Waals surface area contributed by atoms with Gasteiger partial charge in [-0.05, 0) is 36.6 Å². The molecule has 0 saturated carbocycles. The minimum absolute atomic E-state index is 0.0138. The second kappa shape index (κ2) is 8.34. The first-order chi connectivity index (χ1) is 12.6. The smallest absolute Gasteiger partial charge is 0.258 e. The van der Waals surface area contributed by atoms with Gasteiger partial charge in [-0.1, -0.05) is 78.4 Å². The normalized spacial score (nSPS) is 11.6. The second-order valence-corrected chi connectivity index (χ2v) is 6.38. The predicted molar refractivity (Wildman–Crippen MR) is 104 cm³/mol. The van der Waals surface area contributed by atoms with Crippen molar-refractivity contribution < 1.29 is 9.53 Å². The van der Waals surface area contributed by atoms with Gasteiger partial charge in [0.25, 0.3) is 5.91 Å². The summed E-state index contributed by atoms with van der Waals surface area (Å²) in [5.41, 5.74) is 4.29. The topological polar surface area (TPSA) is 38.3 Å². The highest BCUT2D eigenvalue weighted by molar-refractivity contribution is 5.78. The molecule has 0 aliphatic rings. The SMILES string of the molecule is Cc1ccc(C(NC(=O)COc2ccccc2C)c2ccccc2)cc1. The Morgan fingerprint density at radius 3 is 2.15 bits per heavy atom. The van der Waals surface area contributed by atoms with Crippen LogP contribution in [0.3, 0.4) is 0 Å². The van der Waals surface area contributed by atoms with Crippen molar-refractivity contribution in [2.24, 2.45) is 0 Å². The quantitative estimate of drug-likeness (QED) is 0.710. The zero-order valence-corrected chi connectivity index (χ0v) is 15.1. The van der Waals surface area contributed by atoms with Gasteiger partial charge in [0.15, 0.2) is 6.61 Å². The summed E-state index contributed by atoms with van der Waals surface area (Å²) in [6.45, 7) is 4.00. The lowest BCUT2D eigenvalue weighted by atomic mass is 9.98. The Labute approximate surface area is 154 Å². The zero-order valence-electron chi connectivity index (χ0n) is 15.1. The molecule has 3 aromatic rings. The third kappa shape index (κ3) is 4.51. The molecule has 26 heavy (non-hydrogen) atoms. The standard InChI is InChI=1S/C23H23NO2/c1-17-12-14-20(15-13-17)23(19-9-4-3-5-10-19)24-22(25)16-26-21-11-7-6-8-18(21)2/h3-15,23H,16H2,1-2H3,(H,24,25). The number of hydrogen-bond acceptors (Lipinski definition) is 2. The largest absolute Gasteiger partial charge is 0.484 e. The van der Waals surface area contributed by atoms with E-state index < -0.39 is 0 Å². The van der Waals surface area contributed by atoms with Crippen molar-refractivity contribution in [1.29, 1.82) is 0 Å². The highest BCUT2D eigenvalue weighted by atomic mass is 16.5. The van der Waals surface area contributed by atoms with Crippen LogP contribution in [-0.2, 0) is 4.79 Å². The molecule has 3 aromatic carbocycles. The van der Waals surface area contributed by atoms with Gasteiger partial charge in [0.2, 0.25) is 0 Å². The molecule has 0 heterocycles.